The predicted molar refractivity (Wildman–Crippen MR) is 55.8 cm³/mol. The third kappa shape index (κ3) is 1.13. The van der Waals surface area contributed by atoms with Gasteiger partial charge in [0.15, 0.2) is 6.29 Å². The molecular formula is C10H9ClN2O. The summed E-state index contributed by atoms with van der Waals surface area (Å²) in [4.78, 5) is 10.7. The number of carbonyl (C=O) groups excluding carboxylic acids is 1. The van der Waals surface area contributed by atoms with Crippen LogP contribution in [0, 0.1) is 6.92 Å². The summed E-state index contributed by atoms with van der Waals surface area (Å²) in [6, 6.07) is 3.49. The van der Waals surface area contributed by atoms with E-state index < -0.39 is 0 Å². The fraction of sp³-hybridized carbons (Fsp3) is 0.200. The van der Waals surface area contributed by atoms with Gasteiger partial charge in [0.2, 0.25) is 0 Å². The van der Waals surface area contributed by atoms with Gasteiger partial charge < -0.3 is 0 Å². The van der Waals surface area contributed by atoms with Crippen LogP contribution in [0.15, 0.2) is 12.1 Å². The molecule has 0 aliphatic heterocycles. The Labute approximate surface area is 86.3 Å². The van der Waals surface area contributed by atoms with Gasteiger partial charge in [-0.25, -0.2) is 0 Å². The summed E-state index contributed by atoms with van der Waals surface area (Å²) in [7, 11) is 1.85. The van der Waals surface area contributed by atoms with Crippen molar-refractivity contribution in [1.29, 1.82) is 0 Å². The molecule has 0 N–H and O–H groups in total. The van der Waals surface area contributed by atoms with Crippen molar-refractivity contribution in [2.24, 2.45) is 7.05 Å². The van der Waals surface area contributed by atoms with E-state index in [1.165, 1.54) is 0 Å². The second kappa shape index (κ2) is 3.10. The Bertz CT molecular complexity index is 516. The molecule has 0 aliphatic rings. The Morgan fingerprint density at radius 3 is 2.86 bits per heavy atom. The van der Waals surface area contributed by atoms with E-state index in [2.05, 4.69) is 5.10 Å². The number of halogens is 1. The molecule has 0 radical (unpaired) electrons. The van der Waals surface area contributed by atoms with Crippen molar-refractivity contribution in [2.75, 3.05) is 0 Å². The van der Waals surface area contributed by atoms with Crippen LogP contribution in [0.1, 0.15) is 16.1 Å². The highest BCUT2D eigenvalue weighted by atomic mass is 35.5. The van der Waals surface area contributed by atoms with E-state index in [1.54, 1.807) is 16.8 Å². The normalized spacial score (nSPS) is 10.8. The molecule has 0 atom stereocenters. The van der Waals surface area contributed by atoms with Crippen LogP contribution in [0.25, 0.3) is 10.9 Å². The number of aromatic nitrogens is 2. The molecule has 0 aliphatic carbocycles. The highest BCUT2D eigenvalue weighted by molar-refractivity contribution is 6.38. The number of rotatable bonds is 1. The Morgan fingerprint density at radius 2 is 2.21 bits per heavy atom. The lowest BCUT2D eigenvalue weighted by molar-refractivity contribution is 0.112. The minimum atomic E-state index is 0.489. The maximum Gasteiger partial charge on any atom is 0.151 e. The van der Waals surface area contributed by atoms with Gasteiger partial charge in [-0.3, -0.25) is 9.48 Å². The first-order valence-electron chi connectivity index (χ1n) is 4.22. The molecule has 4 heteroatoms. The molecular weight excluding hydrogens is 200 g/mol. The summed E-state index contributed by atoms with van der Waals surface area (Å²) in [5.41, 5.74) is 2.30. The van der Waals surface area contributed by atoms with Gasteiger partial charge in [0, 0.05) is 23.7 Å². The van der Waals surface area contributed by atoms with Crippen molar-refractivity contribution in [3.63, 3.8) is 0 Å². The van der Waals surface area contributed by atoms with Gasteiger partial charge in [0.25, 0.3) is 0 Å². The first kappa shape index (κ1) is 9.21. The molecule has 2 rings (SSSR count). The quantitative estimate of drug-likeness (QED) is 0.675. The van der Waals surface area contributed by atoms with E-state index in [1.807, 2.05) is 14.0 Å². The first-order valence-corrected chi connectivity index (χ1v) is 4.60. The fourth-order valence-electron chi connectivity index (χ4n) is 1.50. The van der Waals surface area contributed by atoms with Gasteiger partial charge in [-0.05, 0) is 19.1 Å². The molecule has 0 saturated carbocycles. The van der Waals surface area contributed by atoms with Crippen LogP contribution in [0.2, 0.25) is 5.02 Å². The van der Waals surface area contributed by atoms with Gasteiger partial charge in [0.05, 0.1) is 10.5 Å². The topological polar surface area (TPSA) is 34.9 Å². The maximum atomic E-state index is 10.7. The van der Waals surface area contributed by atoms with Crippen LogP contribution in [0.3, 0.4) is 0 Å². The van der Waals surface area contributed by atoms with Crippen molar-refractivity contribution in [2.45, 2.75) is 6.92 Å². The van der Waals surface area contributed by atoms with Crippen LogP contribution < -0.4 is 0 Å². The first-order chi connectivity index (χ1) is 6.65. The number of hydrogen-bond donors (Lipinski definition) is 0. The zero-order valence-electron chi connectivity index (χ0n) is 7.91. The highest BCUT2D eigenvalue weighted by Crippen LogP contribution is 2.28. The molecule has 72 valence electrons. The smallest absolute Gasteiger partial charge is 0.151 e. The highest BCUT2D eigenvalue weighted by Gasteiger charge is 2.11. The molecule has 0 amide bonds. The van der Waals surface area contributed by atoms with Gasteiger partial charge in [-0.1, -0.05) is 11.6 Å². The van der Waals surface area contributed by atoms with Crippen molar-refractivity contribution < 1.29 is 4.79 Å². The Balaban J connectivity index is 2.93. The minimum absolute atomic E-state index is 0.489. The summed E-state index contributed by atoms with van der Waals surface area (Å²) in [6.07, 6.45) is 0.758. The third-order valence-corrected chi connectivity index (χ3v) is 2.79. The van der Waals surface area contributed by atoms with Crippen molar-refractivity contribution in [3.05, 3.63) is 28.4 Å². The third-order valence-electron chi connectivity index (χ3n) is 2.38. The Kier molecular flexibility index (Phi) is 2.04. The Morgan fingerprint density at radius 1 is 1.50 bits per heavy atom. The average Bonchev–Trinajstić information content (AvgIpc) is 2.44. The van der Waals surface area contributed by atoms with Crippen LogP contribution in [0.4, 0.5) is 0 Å². The molecule has 0 unspecified atom stereocenters. The second-order valence-corrected chi connectivity index (χ2v) is 3.57. The molecule has 0 saturated heterocycles. The molecule has 1 aromatic heterocycles. The lowest BCUT2D eigenvalue weighted by Gasteiger charge is -1.98. The van der Waals surface area contributed by atoms with Crippen molar-refractivity contribution in [3.8, 4) is 0 Å². The number of fused-ring (bicyclic) bond motifs is 1. The zero-order valence-corrected chi connectivity index (χ0v) is 8.67. The molecule has 14 heavy (non-hydrogen) atoms. The largest absolute Gasteiger partial charge is 0.298 e. The second-order valence-electron chi connectivity index (χ2n) is 3.19. The fourth-order valence-corrected chi connectivity index (χ4v) is 1.84. The average molecular weight is 209 g/mol. The van der Waals surface area contributed by atoms with Crippen LogP contribution in [-0.4, -0.2) is 16.1 Å². The van der Waals surface area contributed by atoms with Crippen molar-refractivity contribution in [1.82, 2.24) is 9.78 Å². The zero-order chi connectivity index (χ0) is 10.3. The van der Waals surface area contributed by atoms with Crippen LogP contribution in [0.5, 0.6) is 0 Å². The Hall–Kier alpha value is -1.35. The van der Waals surface area contributed by atoms with E-state index in [9.17, 15) is 4.79 Å². The number of carbonyl (C=O) groups is 1. The lowest BCUT2D eigenvalue weighted by Crippen LogP contribution is -1.91. The number of hydrogen-bond acceptors (Lipinski definition) is 2. The predicted octanol–water partition coefficient (Wildman–Crippen LogP) is 2.35. The molecule has 2 aromatic rings. The summed E-state index contributed by atoms with van der Waals surface area (Å²) in [5, 5.41) is 5.61. The molecule has 0 fully saturated rings. The van der Waals surface area contributed by atoms with E-state index in [0.717, 1.165) is 22.9 Å². The van der Waals surface area contributed by atoms with Crippen LogP contribution in [-0.2, 0) is 7.05 Å². The molecule has 1 aromatic carbocycles. The minimum Gasteiger partial charge on any atom is -0.298 e. The van der Waals surface area contributed by atoms with Gasteiger partial charge in [-0.15, -0.1) is 0 Å². The van der Waals surface area contributed by atoms with Gasteiger partial charge in [0.1, 0.15) is 0 Å². The van der Waals surface area contributed by atoms with E-state index in [4.69, 9.17) is 11.6 Å². The van der Waals surface area contributed by atoms with E-state index in [-0.39, 0.29) is 0 Å². The summed E-state index contributed by atoms with van der Waals surface area (Å²) in [6.45, 7) is 1.93. The van der Waals surface area contributed by atoms with Crippen molar-refractivity contribution >= 4 is 28.8 Å². The lowest BCUT2D eigenvalue weighted by atomic mass is 10.1. The SMILES string of the molecule is Cc1c2c(Cl)c(C=O)ccc2nn1C. The summed E-state index contributed by atoms with van der Waals surface area (Å²) in [5.74, 6) is 0. The van der Waals surface area contributed by atoms with E-state index >= 15 is 0 Å². The molecule has 0 bridgehead atoms. The van der Waals surface area contributed by atoms with Gasteiger partial charge in [-0.2, -0.15) is 5.10 Å². The summed E-state index contributed by atoms with van der Waals surface area (Å²) < 4.78 is 1.76. The summed E-state index contributed by atoms with van der Waals surface area (Å²) >= 11 is 6.08. The molecule has 0 spiro atoms. The molecule has 3 nitrogen and oxygen atoms in total. The van der Waals surface area contributed by atoms with Crippen LogP contribution >= 0.6 is 11.6 Å². The number of nitrogens with zero attached hydrogens (tertiary/aromatic N) is 2. The number of aldehydes is 1. The standard InChI is InChI=1S/C10H9ClN2O/c1-6-9-8(12-13(6)2)4-3-7(5-14)10(9)11/h3-5H,1-2H3. The monoisotopic (exact) mass is 208 g/mol. The van der Waals surface area contributed by atoms with Gasteiger partial charge >= 0.3 is 0 Å². The van der Waals surface area contributed by atoms with E-state index in [0.29, 0.717) is 10.6 Å². The maximum absolute atomic E-state index is 10.7. The number of benzene rings is 1. The number of aryl methyl sites for hydroxylation is 2. The molecule has 1 heterocycles.